The number of benzene rings is 1. The van der Waals surface area contributed by atoms with E-state index in [0.717, 1.165) is 19.1 Å². The van der Waals surface area contributed by atoms with Crippen LogP contribution in [-0.4, -0.2) is 20.9 Å². The molecule has 0 unspecified atom stereocenters. The van der Waals surface area contributed by atoms with Crippen LogP contribution in [0.25, 0.3) is 0 Å². The highest BCUT2D eigenvalue weighted by atomic mass is 35.5. The van der Waals surface area contributed by atoms with Gasteiger partial charge in [-0.25, -0.2) is 14.7 Å². The summed E-state index contributed by atoms with van der Waals surface area (Å²) in [4.78, 5) is 29.3. The Labute approximate surface area is 143 Å². The Kier molecular flexibility index (Phi) is 4.79. The zero-order chi connectivity index (χ0) is 18.9. The minimum Gasteiger partial charge on any atom is -0.351 e. The van der Waals surface area contributed by atoms with Crippen LogP contribution in [0, 0.1) is 17.0 Å². The first-order valence-corrected chi connectivity index (χ1v) is 6.86. The van der Waals surface area contributed by atoms with Crippen molar-refractivity contribution >= 4 is 35.0 Å². The van der Waals surface area contributed by atoms with E-state index in [0.29, 0.717) is 4.90 Å². The average Bonchev–Trinajstić information content (AvgIpc) is 2.49. The van der Waals surface area contributed by atoms with Crippen LogP contribution in [0.3, 0.4) is 0 Å². The number of carbonyl (C=O) groups is 1. The Morgan fingerprint density at radius 3 is 2.44 bits per heavy atom. The summed E-state index contributed by atoms with van der Waals surface area (Å²) in [5.41, 5.74) is 2.37. The molecule has 2 rings (SSSR count). The number of nitrogens with zero attached hydrogens (tertiary/aromatic N) is 4. The van der Waals surface area contributed by atoms with E-state index in [-0.39, 0.29) is 0 Å². The smallest absolute Gasteiger partial charge is 0.351 e. The zero-order valence-electron chi connectivity index (χ0n) is 12.4. The predicted molar refractivity (Wildman–Crippen MR) is 81.6 cm³/mol. The zero-order valence-corrected chi connectivity index (χ0v) is 13.2. The molecule has 0 aliphatic carbocycles. The number of anilines is 2. The van der Waals surface area contributed by atoms with Gasteiger partial charge in [-0.2, -0.15) is 18.2 Å². The molecule has 0 aliphatic rings. The number of rotatable bonds is 3. The second-order valence-corrected chi connectivity index (χ2v) is 5.06. The summed E-state index contributed by atoms with van der Waals surface area (Å²) in [5, 5.41) is 10.5. The third-order valence-electron chi connectivity index (χ3n) is 3.08. The first-order chi connectivity index (χ1) is 11.5. The van der Waals surface area contributed by atoms with Gasteiger partial charge in [0.05, 0.1) is 4.92 Å². The molecule has 0 saturated carbocycles. The maximum Gasteiger partial charge on any atom is 0.433 e. The van der Waals surface area contributed by atoms with Crippen molar-refractivity contribution in [3.05, 3.63) is 50.8 Å². The lowest BCUT2D eigenvalue weighted by molar-refractivity contribution is -0.384. The number of hydrogen-bond donors (Lipinski definition) is 1. The molecule has 1 heterocycles. The summed E-state index contributed by atoms with van der Waals surface area (Å²) in [6.07, 6.45) is -4.88. The van der Waals surface area contributed by atoms with Gasteiger partial charge in [0.1, 0.15) is 10.8 Å². The van der Waals surface area contributed by atoms with E-state index < -0.39 is 50.9 Å². The molecule has 0 fully saturated rings. The SMILES string of the molecule is Cc1c(Cl)nc(N(C(N)=O)c2ccccc2[N+](=O)[O-])nc1C(F)(F)F. The van der Waals surface area contributed by atoms with E-state index in [1.807, 2.05) is 0 Å². The lowest BCUT2D eigenvalue weighted by Crippen LogP contribution is -2.34. The first-order valence-electron chi connectivity index (χ1n) is 6.48. The molecular formula is C13H9ClF3N5O3. The number of nitrogens with two attached hydrogens (primary N) is 1. The lowest BCUT2D eigenvalue weighted by Gasteiger charge is -2.20. The molecule has 25 heavy (non-hydrogen) atoms. The van der Waals surface area contributed by atoms with Gasteiger partial charge >= 0.3 is 12.2 Å². The van der Waals surface area contributed by atoms with Crippen LogP contribution < -0.4 is 10.6 Å². The fourth-order valence-corrected chi connectivity index (χ4v) is 2.15. The predicted octanol–water partition coefficient (Wildman–Crippen LogP) is 3.58. The van der Waals surface area contributed by atoms with E-state index >= 15 is 0 Å². The Morgan fingerprint density at radius 2 is 1.92 bits per heavy atom. The summed E-state index contributed by atoms with van der Waals surface area (Å²) < 4.78 is 39.3. The van der Waals surface area contributed by atoms with Crippen molar-refractivity contribution in [2.75, 3.05) is 4.90 Å². The highest BCUT2D eigenvalue weighted by molar-refractivity contribution is 6.30. The minimum atomic E-state index is -4.88. The Hall–Kier alpha value is -2.95. The van der Waals surface area contributed by atoms with E-state index in [4.69, 9.17) is 17.3 Å². The maximum absolute atomic E-state index is 13.1. The Bertz CT molecular complexity index is 859. The van der Waals surface area contributed by atoms with Crippen LogP contribution in [0.2, 0.25) is 5.15 Å². The molecule has 0 bridgehead atoms. The van der Waals surface area contributed by atoms with E-state index in [1.165, 1.54) is 12.1 Å². The molecule has 1 aromatic heterocycles. The molecule has 132 valence electrons. The van der Waals surface area contributed by atoms with Crippen LogP contribution in [-0.2, 0) is 6.18 Å². The van der Waals surface area contributed by atoms with Gasteiger partial charge in [-0.05, 0) is 13.0 Å². The lowest BCUT2D eigenvalue weighted by atomic mass is 10.2. The number of halogens is 4. The van der Waals surface area contributed by atoms with Gasteiger partial charge in [0.25, 0.3) is 5.69 Å². The normalized spacial score (nSPS) is 11.2. The topological polar surface area (TPSA) is 115 Å². The van der Waals surface area contributed by atoms with Crippen molar-refractivity contribution in [1.82, 2.24) is 9.97 Å². The summed E-state index contributed by atoms with van der Waals surface area (Å²) in [6, 6.07) is 3.49. The number of carbonyl (C=O) groups excluding carboxylic acids is 1. The van der Waals surface area contributed by atoms with Gasteiger partial charge in [0.2, 0.25) is 5.95 Å². The fraction of sp³-hybridized carbons (Fsp3) is 0.154. The quantitative estimate of drug-likeness (QED) is 0.500. The first kappa shape index (κ1) is 18.4. The Morgan fingerprint density at radius 1 is 1.32 bits per heavy atom. The summed E-state index contributed by atoms with van der Waals surface area (Å²) >= 11 is 5.70. The molecule has 2 amide bonds. The summed E-state index contributed by atoms with van der Waals surface area (Å²) in [7, 11) is 0. The van der Waals surface area contributed by atoms with E-state index in [2.05, 4.69) is 9.97 Å². The number of para-hydroxylation sites is 2. The largest absolute Gasteiger partial charge is 0.433 e. The standard InChI is InChI=1S/C13H9ClF3N5O3/c1-6-9(13(15,16)17)19-12(20-10(6)14)21(11(18)23)7-4-2-3-5-8(7)22(24)25/h2-5H,1H3,(H2,18,23). The molecule has 0 spiro atoms. The Balaban J connectivity index is 2.74. The van der Waals surface area contributed by atoms with Gasteiger partial charge in [0, 0.05) is 11.6 Å². The second kappa shape index (κ2) is 6.51. The number of nitro benzene ring substituents is 1. The second-order valence-electron chi connectivity index (χ2n) is 4.71. The maximum atomic E-state index is 13.1. The number of aromatic nitrogens is 2. The number of alkyl halides is 3. The molecule has 2 N–H and O–H groups in total. The summed E-state index contributed by atoms with van der Waals surface area (Å²) in [6.45, 7) is 1.05. The van der Waals surface area contributed by atoms with E-state index in [1.54, 1.807) is 0 Å². The average molecular weight is 376 g/mol. The molecule has 2 aromatic rings. The highest BCUT2D eigenvalue weighted by Gasteiger charge is 2.38. The number of amides is 2. The monoisotopic (exact) mass is 375 g/mol. The van der Waals surface area contributed by atoms with Crippen LogP contribution in [0.4, 0.5) is 35.3 Å². The van der Waals surface area contributed by atoms with E-state index in [9.17, 15) is 28.1 Å². The molecule has 0 aliphatic heterocycles. The fourth-order valence-electron chi connectivity index (χ4n) is 1.99. The van der Waals surface area contributed by atoms with Gasteiger partial charge in [-0.15, -0.1) is 0 Å². The number of urea groups is 1. The molecule has 0 saturated heterocycles. The molecule has 0 radical (unpaired) electrons. The summed E-state index contributed by atoms with van der Waals surface area (Å²) in [5.74, 6) is -0.829. The van der Waals surface area contributed by atoms with Crippen LogP contribution in [0.1, 0.15) is 11.3 Å². The molecule has 1 aromatic carbocycles. The van der Waals surface area contributed by atoms with Gasteiger partial charge in [-0.3, -0.25) is 10.1 Å². The van der Waals surface area contributed by atoms with Gasteiger partial charge < -0.3 is 5.73 Å². The van der Waals surface area contributed by atoms with Crippen LogP contribution in [0.5, 0.6) is 0 Å². The molecule has 0 atom stereocenters. The van der Waals surface area contributed by atoms with Gasteiger partial charge in [0.15, 0.2) is 5.69 Å². The van der Waals surface area contributed by atoms with Gasteiger partial charge in [-0.1, -0.05) is 23.7 Å². The third-order valence-corrected chi connectivity index (χ3v) is 3.45. The number of primary amides is 1. The number of nitro groups is 1. The van der Waals surface area contributed by atoms with Crippen molar-refractivity contribution in [1.29, 1.82) is 0 Å². The number of hydrogen-bond acceptors (Lipinski definition) is 5. The van der Waals surface area contributed by atoms with Crippen molar-refractivity contribution in [2.24, 2.45) is 5.73 Å². The molecule has 8 nitrogen and oxygen atoms in total. The highest BCUT2D eigenvalue weighted by Crippen LogP contribution is 2.37. The molecule has 12 heteroatoms. The van der Waals surface area contributed by atoms with Crippen molar-refractivity contribution in [3.8, 4) is 0 Å². The van der Waals surface area contributed by atoms with Crippen molar-refractivity contribution in [3.63, 3.8) is 0 Å². The van der Waals surface area contributed by atoms with Crippen LogP contribution >= 0.6 is 11.6 Å². The minimum absolute atomic E-state index is 0.388. The van der Waals surface area contributed by atoms with Crippen molar-refractivity contribution in [2.45, 2.75) is 13.1 Å². The van der Waals surface area contributed by atoms with Crippen molar-refractivity contribution < 1.29 is 22.9 Å². The third kappa shape index (κ3) is 3.60. The van der Waals surface area contributed by atoms with Crippen LogP contribution in [0.15, 0.2) is 24.3 Å². The molecular weight excluding hydrogens is 367 g/mol.